The summed E-state index contributed by atoms with van der Waals surface area (Å²) in [5.74, 6) is -0.0198. The Balaban J connectivity index is 2.90. The van der Waals surface area contributed by atoms with Gasteiger partial charge in [-0.3, -0.25) is 0 Å². The maximum absolute atomic E-state index is 12.3. The molecule has 0 heterocycles. The molecule has 0 amide bonds. The summed E-state index contributed by atoms with van der Waals surface area (Å²) in [6, 6.07) is 4.61. The Kier molecular flexibility index (Phi) is 5.68. The van der Waals surface area contributed by atoms with Crippen molar-refractivity contribution < 1.29 is 23.0 Å². The smallest absolute Gasteiger partial charge is 0.387 e. The van der Waals surface area contributed by atoms with E-state index in [4.69, 9.17) is 4.74 Å². The van der Waals surface area contributed by atoms with E-state index in [1.807, 2.05) is 0 Å². The van der Waals surface area contributed by atoms with Gasteiger partial charge in [0.2, 0.25) is 0 Å². The maximum atomic E-state index is 12.3. The number of alkyl halides is 2. The molecule has 1 unspecified atom stereocenters. The molecule has 1 rings (SSSR count). The zero-order valence-corrected chi connectivity index (χ0v) is 13.3. The van der Waals surface area contributed by atoms with E-state index in [0.717, 1.165) is 0 Å². The SMILES string of the molecule is CC(C)(C)OC(=O)Pc1c(Br)cccc1OC(F)F. The second kappa shape index (κ2) is 6.62. The number of benzene rings is 1. The van der Waals surface area contributed by atoms with Gasteiger partial charge in [-0.1, -0.05) is 6.07 Å². The average Bonchev–Trinajstić information content (AvgIpc) is 2.19. The molecular formula is C12H14BrF2O3P. The van der Waals surface area contributed by atoms with Gasteiger partial charge < -0.3 is 9.47 Å². The van der Waals surface area contributed by atoms with E-state index in [2.05, 4.69) is 20.7 Å². The van der Waals surface area contributed by atoms with Gasteiger partial charge in [0.05, 0.1) is 0 Å². The number of hydrogen-bond acceptors (Lipinski definition) is 3. The van der Waals surface area contributed by atoms with Crippen molar-refractivity contribution in [3.8, 4) is 5.75 Å². The van der Waals surface area contributed by atoms with E-state index >= 15 is 0 Å². The number of hydrogen-bond donors (Lipinski definition) is 0. The third-order valence-corrected chi connectivity index (χ3v) is 3.92. The number of rotatable bonds is 4. The van der Waals surface area contributed by atoms with Crippen LogP contribution in [0.1, 0.15) is 20.8 Å². The van der Waals surface area contributed by atoms with Gasteiger partial charge in [-0.05, 0) is 48.8 Å². The fourth-order valence-corrected chi connectivity index (χ4v) is 2.90. The molecule has 7 heteroatoms. The summed E-state index contributed by atoms with van der Waals surface area (Å²) in [6.45, 7) is 2.29. The van der Waals surface area contributed by atoms with Crippen molar-refractivity contribution in [2.75, 3.05) is 0 Å². The van der Waals surface area contributed by atoms with Crippen molar-refractivity contribution in [1.82, 2.24) is 0 Å². The lowest BCUT2D eigenvalue weighted by atomic mass is 10.2. The van der Waals surface area contributed by atoms with Crippen molar-refractivity contribution in [3.05, 3.63) is 22.7 Å². The highest BCUT2D eigenvalue weighted by molar-refractivity contribution is 9.10. The summed E-state index contributed by atoms with van der Waals surface area (Å²) in [7, 11) is -0.417. The first kappa shape index (κ1) is 16.3. The molecule has 0 N–H and O–H groups in total. The zero-order valence-electron chi connectivity index (χ0n) is 10.7. The molecule has 0 saturated carbocycles. The lowest BCUT2D eigenvalue weighted by Crippen LogP contribution is -2.22. The second-order valence-corrected chi connectivity index (χ2v) is 6.63. The molecule has 1 aromatic carbocycles. The molecule has 0 aliphatic rings. The van der Waals surface area contributed by atoms with Gasteiger partial charge in [0.15, 0.2) is 0 Å². The van der Waals surface area contributed by atoms with Gasteiger partial charge in [0, 0.05) is 18.4 Å². The molecule has 1 aromatic rings. The summed E-state index contributed by atoms with van der Waals surface area (Å²) < 4.78 is 34.7. The van der Waals surface area contributed by atoms with Gasteiger partial charge in [-0.15, -0.1) is 0 Å². The number of carbonyl (C=O) groups excluding carboxylic acids is 1. The Labute approximate surface area is 120 Å². The largest absolute Gasteiger partial charge is 0.457 e. The Morgan fingerprint density at radius 2 is 2.00 bits per heavy atom. The van der Waals surface area contributed by atoms with Gasteiger partial charge in [0.1, 0.15) is 11.4 Å². The summed E-state index contributed by atoms with van der Waals surface area (Å²) in [4.78, 5) is 11.7. The quantitative estimate of drug-likeness (QED) is 0.756. The van der Waals surface area contributed by atoms with Gasteiger partial charge in [-0.25, -0.2) is 4.79 Å². The lowest BCUT2D eigenvalue weighted by Gasteiger charge is -2.20. The molecule has 0 bridgehead atoms. The normalized spacial score (nSPS) is 12.2. The van der Waals surface area contributed by atoms with E-state index in [0.29, 0.717) is 9.78 Å². The van der Waals surface area contributed by atoms with Crippen LogP contribution in [0, 0.1) is 0 Å². The second-order valence-electron chi connectivity index (χ2n) is 4.62. The van der Waals surface area contributed by atoms with Gasteiger partial charge in [0.25, 0.3) is 0 Å². The molecule has 3 nitrogen and oxygen atoms in total. The van der Waals surface area contributed by atoms with E-state index in [-0.39, 0.29) is 5.75 Å². The monoisotopic (exact) mass is 354 g/mol. The Morgan fingerprint density at radius 1 is 1.37 bits per heavy atom. The number of carbonyl (C=O) groups is 1. The Morgan fingerprint density at radius 3 is 2.53 bits per heavy atom. The van der Waals surface area contributed by atoms with Crippen molar-refractivity contribution >= 4 is 35.5 Å². The first-order valence-electron chi connectivity index (χ1n) is 5.42. The van der Waals surface area contributed by atoms with Crippen LogP contribution in [0.15, 0.2) is 22.7 Å². The first-order valence-corrected chi connectivity index (χ1v) is 7.21. The molecule has 0 radical (unpaired) electrons. The van der Waals surface area contributed by atoms with Crippen LogP contribution >= 0.6 is 24.5 Å². The van der Waals surface area contributed by atoms with Crippen LogP contribution in [0.4, 0.5) is 13.6 Å². The summed E-state index contributed by atoms with van der Waals surface area (Å²) in [6.07, 6.45) is 0. The van der Waals surface area contributed by atoms with Crippen LogP contribution in [0.2, 0.25) is 0 Å². The van der Waals surface area contributed by atoms with Crippen LogP contribution < -0.4 is 10.0 Å². The maximum Gasteiger partial charge on any atom is 0.387 e. The minimum atomic E-state index is -2.93. The molecule has 19 heavy (non-hydrogen) atoms. The summed E-state index contributed by atoms with van der Waals surface area (Å²) >= 11 is 3.22. The van der Waals surface area contributed by atoms with Crippen LogP contribution in [-0.4, -0.2) is 17.9 Å². The predicted molar refractivity (Wildman–Crippen MR) is 75.0 cm³/mol. The Bertz CT molecular complexity index is 461. The molecule has 0 aliphatic carbocycles. The lowest BCUT2D eigenvalue weighted by molar-refractivity contribution is -0.0491. The van der Waals surface area contributed by atoms with E-state index in [1.165, 1.54) is 6.07 Å². The highest BCUT2D eigenvalue weighted by Gasteiger charge is 2.20. The third-order valence-electron chi connectivity index (χ3n) is 1.82. The van der Waals surface area contributed by atoms with E-state index < -0.39 is 26.5 Å². The number of halogens is 3. The predicted octanol–water partition coefficient (Wildman–Crippen LogP) is 4.29. The van der Waals surface area contributed by atoms with Crippen molar-refractivity contribution in [2.24, 2.45) is 0 Å². The van der Waals surface area contributed by atoms with Crippen LogP contribution in [0.25, 0.3) is 0 Å². The highest BCUT2D eigenvalue weighted by atomic mass is 79.9. The van der Waals surface area contributed by atoms with Gasteiger partial charge >= 0.3 is 12.3 Å². The standard InChI is InChI=1S/C12H14BrF2O3P/c1-12(2,3)18-11(16)19-9-7(13)5-4-6-8(9)17-10(14)15/h4-6,10,19H,1-3H3. The van der Waals surface area contributed by atoms with Gasteiger partial charge in [-0.2, -0.15) is 8.78 Å². The van der Waals surface area contributed by atoms with E-state index in [9.17, 15) is 13.6 Å². The summed E-state index contributed by atoms with van der Waals surface area (Å²) in [5, 5.41) is 0.372. The molecular weight excluding hydrogens is 341 g/mol. The average molecular weight is 355 g/mol. The van der Waals surface area contributed by atoms with Crippen molar-refractivity contribution in [2.45, 2.75) is 33.0 Å². The minimum Gasteiger partial charge on any atom is -0.457 e. The van der Waals surface area contributed by atoms with Crippen LogP contribution in [-0.2, 0) is 4.74 Å². The molecule has 106 valence electrons. The topological polar surface area (TPSA) is 35.5 Å². The first-order chi connectivity index (χ1) is 8.69. The van der Waals surface area contributed by atoms with Crippen molar-refractivity contribution in [3.63, 3.8) is 0 Å². The molecule has 0 aliphatic heterocycles. The van der Waals surface area contributed by atoms with Crippen LogP contribution in [0.5, 0.6) is 5.75 Å². The minimum absolute atomic E-state index is 0.0198. The molecule has 0 aromatic heterocycles. The Hall–Kier alpha value is -0.740. The molecule has 0 saturated heterocycles. The third kappa shape index (κ3) is 5.83. The molecule has 0 spiro atoms. The molecule has 1 atom stereocenters. The fraction of sp³-hybridized carbons (Fsp3) is 0.417. The summed E-state index contributed by atoms with van der Waals surface area (Å²) in [5.41, 5.74) is -1.09. The number of ether oxygens (including phenoxy) is 2. The van der Waals surface area contributed by atoms with Crippen molar-refractivity contribution in [1.29, 1.82) is 0 Å². The molecule has 0 fully saturated rings. The van der Waals surface area contributed by atoms with Crippen LogP contribution in [0.3, 0.4) is 0 Å². The highest BCUT2D eigenvalue weighted by Crippen LogP contribution is 2.29. The fourth-order valence-electron chi connectivity index (χ4n) is 1.23. The zero-order chi connectivity index (χ0) is 14.6. The van der Waals surface area contributed by atoms with E-state index in [1.54, 1.807) is 32.9 Å².